The highest BCUT2D eigenvalue weighted by molar-refractivity contribution is 5.75. The lowest BCUT2D eigenvalue weighted by atomic mass is 9.83. The maximum absolute atomic E-state index is 12.9. The van der Waals surface area contributed by atoms with Crippen LogP contribution in [0, 0.1) is 5.41 Å². The summed E-state index contributed by atoms with van der Waals surface area (Å²) in [5.74, 6) is -5.12. The summed E-state index contributed by atoms with van der Waals surface area (Å²) in [5, 5.41) is 9.16. The van der Waals surface area contributed by atoms with E-state index in [0.717, 1.165) is 4.90 Å². The second-order valence-electron chi connectivity index (χ2n) is 4.86. The number of hydrogen-bond donors (Lipinski definition) is 1. The third kappa shape index (κ3) is 3.13. The van der Waals surface area contributed by atoms with Gasteiger partial charge in [0.1, 0.15) is 0 Å². The minimum atomic E-state index is -4.08. The van der Waals surface area contributed by atoms with Crippen LogP contribution in [0.25, 0.3) is 0 Å². The first-order chi connectivity index (χ1) is 8.23. The number of carboxylic acids is 1. The first-order valence-electron chi connectivity index (χ1n) is 5.85. The molecule has 1 aliphatic heterocycles. The molecule has 18 heavy (non-hydrogen) atoms. The lowest BCUT2D eigenvalue weighted by Gasteiger charge is -2.26. The van der Waals surface area contributed by atoms with Crippen LogP contribution in [0.4, 0.5) is 17.6 Å². The molecule has 1 N–H and O–H groups in total. The van der Waals surface area contributed by atoms with Gasteiger partial charge in [-0.25, -0.2) is 8.78 Å². The highest BCUT2D eigenvalue weighted by atomic mass is 19.3. The average Bonchev–Trinajstić information content (AvgIpc) is 2.62. The van der Waals surface area contributed by atoms with E-state index in [1.165, 1.54) is 0 Å². The Hall–Kier alpha value is -0.850. The van der Waals surface area contributed by atoms with Gasteiger partial charge in [0, 0.05) is 6.54 Å². The van der Waals surface area contributed by atoms with Crippen LogP contribution in [0.15, 0.2) is 0 Å². The number of alkyl halides is 4. The number of carboxylic acid groups (broad SMARTS) is 1. The van der Waals surface area contributed by atoms with Crippen molar-refractivity contribution in [3.63, 3.8) is 0 Å². The predicted molar refractivity (Wildman–Crippen MR) is 57.0 cm³/mol. The highest BCUT2D eigenvalue weighted by Crippen LogP contribution is 2.37. The number of likely N-dealkylation sites (tertiary alicyclic amines) is 1. The highest BCUT2D eigenvalue weighted by Gasteiger charge is 2.49. The van der Waals surface area contributed by atoms with Gasteiger partial charge in [0.2, 0.25) is 0 Å². The van der Waals surface area contributed by atoms with Crippen molar-refractivity contribution in [1.82, 2.24) is 4.90 Å². The van der Waals surface area contributed by atoms with Crippen molar-refractivity contribution in [2.45, 2.75) is 38.5 Å². The maximum Gasteiger partial charge on any atom is 0.319 e. The normalized spacial score (nSPS) is 25.9. The molecule has 0 aromatic heterocycles. The van der Waals surface area contributed by atoms with Crippen molar-refractivity contribution in [1.29, 1.82) is 0 Å². The molecule has 1 fully saturated rings. The second-order valence-corrected chi connectivity index (χ2v) is 4.86. The third-order valence-corrected chi connectivity index (χ3v) is 3.37. The second kappa shape index (κ2) is 5.42. The van der Waals surface area contributed by atoms with Gasteiger partial charge in [-0.1, -0.05) is 13.3 Å². The van der Waals surface area contributed by atoms with Gasteiger partial charge in [-0.2, -0.15) is 8.78 Å². The van der Waals surface area contributed by atoms with E-state index in [-0.39, 0.29) is 19.5 Å². The van der Waals surface area contributed by atoms with Gasteiger partial charge < -0.3 is 5.11 Å². The minimum Gasteiger partial charge on any atom is -0.481 e. The van der Waals surface area contributed by atoms with Gasteiger partial charge in [0.05, 0.1) is 12.0 Å². The van der Waals surface area contributed by atoms with Crippen molar-refractivity contribution in [2.24, 2.45) is 5.41 Å². The SMILES string of the molecule is CCCC1(C(=O)O)CCN(CC(F)(F)C(F)F)C1. The summed E-state index contributed by atoms with van der Waals surface area (Å²) in [4.78, 5) is 12.3. The molecule has 0 radical (unpaired) electrons. The Balaban J connectivity index is 2.67. The average molecular weight is 271 g/mol. The van der Waals surface area contributed by atoms with Gasteiger partial charge >= 0.3 is 18.3 Å². The number of carbonyl (C=O) groups is 1. The van der Waals surface area contributed by atoms with E-state index in [1.54, 1.807) is 6.92 Å². The van der Waals surface area contributed by atoms with E-state index >= 15 is 0 Å². The van der Waals surface area contributed by atoms with Crippen LogP contribution in [0.2, 0.25) is 0 Å². The van der Waals surface area contributed by atoms with Crippen LogP contribution in [0.1, 0.15) is 26.2 Å². The molecule has 3 nitrogen and oxygen atoms in total. The molecule has 1 heterocycles. The lowest BCUT2D eigenvalue weighted by molar-refractivity contribution is -0.151. The Bertz CT molecular complexity index is 311. The van der Waals surface area contributed by atoms with E-state index in [0.29, 0.717) is 12.8 Å². The Morgan fingerprint density at radius 2 is 2.11 bits per heavy atom. The topological polar surface area (TPSA) is 40.5 Å². The fourth-order valence-corrected chi connectivity index (χ4v) is 2.42. The number of aliphatic carboxylic acids is 1. The van der Waals surface area contributed by atoms with Gasteiger partial charge in [-0.15, -0.1) is 0 Å². The number of nitrogens with zero attached hydrogens (tertiary/aromatic N) is 1. The maximum atomic E-state index is 12.9. The molecular formula is C11H17F4NO2. The molecule has 0 amide bonds. The molecule has 1 saturated heterocycles. The standard InChI is InChI=1S/C11H17F4NO2/c1-2-3-10(9(17)18)4-5-16(6-10)7-11(14,15)8(12)13/h8H,2-7H2,1H3,(H,17,18). The van der Waals surface area contributed by atoms with E-state index in [4.69, 9.17) is 5.11 Å². The van der Waals surface area contributed by atoms with Crippen LogP contribution in [-0.2, 0) is 4.79 Å². The van der Waals surface area contributed by atoms with Crippen LogP contribution >= 0.6 is 0 Å². The Kier molecular flexibility index (Phi) is 4.58. The summed E-state index contributed by atoms with van der Waals surface area (Å²) >= 11 is 0. The first-order valence-corrected chi connectivity index (χ1v) is 5.85. The molecule has 0 bridgehead atoms. The van der Waals surface area contributed by atoms with Gasteiger partial charge in [0.15, 0.2) is 0 Å². The zero-order valence-electron chi connectivity index (χ0n) is 10.1. The number of rotatable bonds is 6. The predicted octanol–water partition coefficient (Wildman–Crippen LogP) is 2.46. The molecule has 1 unspecified atom stereocenters. The lowest BCUT2D eigenvalue weighted by Crippen LogP contribution is -2.42. The summed E-state index contributed by atoms with van der Waals surface area (Å²) in [6.45, 7) is 0.762. The molecular weight excluding hydrogens is 254 g/mol. The molecule has 1 atom stereocenters. The third-order valence-electron chi connectivity index (χ3n) is 3.37. The quantitative estimate of drug-likeness (QED) is 0.754. The molecule has 0 spiro atoms. The van der Waals surface area contributed by atoms with Crippen molar-refractivity contribution in [3.05, 3.63) is 0 Å². The van der Waals surface area contributed by atoms with Crippen LogP contribution in [-0.4, -0.2) is 48.0 Å². The summed E-state index contributed by atoms with van der Waals surface area (Å²) in [7, 11) is 0. The first kappa shape index (κ1) is 15.2. The van der Waals surface area contributed by atoms with Crippen LogP contribution < -0.4 is 0 Å². The Morgan fingerprint density at radius 3 is 2.56 bits per heavy atom. The summed E-state index contributed by atoms with van der Waals surface area (Å²) in [6.07, 6.45) is -2.50. The molecule has 0 saturated carbocycles. The molecule has 0 aromatic carbocycles. The van der Waals surface area contributed by atoms with Crippen molar-refractivity contribution in [2.75, 3.05) is 19.6 Å². The summed E-state index contributed by atoms with van der Waals surface area (Å²) in [6, 6.07) is 0. The number of halogens is 4. The molecule has 1 rings (SSSR count). The smallest absolute Gasteiger partial charge is 0.319 e. The van der Waals surface area contributed by atoms with Gasteiger partial charge in [-0.3, -0.25) is 9.69 Å². The van der Waals surface area contributed by atoms with Crippen LogP contribution in [0.5, 0.6) is 0 Å². The van der Waals surface area contributed by atoms with Crippen molar-refractivity contribution >= 4 is 5.97 Å². The minimum absolute atomic E-state index is 0.0848. The molecule has 1 aliphatic rings. The zero-order valence-corrected chi connectivity index (χ0v) is 10.1. The van der Waals surface area contributed by atoms with E-state index < -0.39 is 30.3 Å². The van der Waals surface area contributed by atoms with Crippen molar-refractivity contribution in [3.8, 4) is 0 Å². The Labute approximate surface area is 103 Å². The summed E-state index contributed by atoms with van der Waals surface area (Å²) < 4.78 is 49.9. The van der Waals surface area contributed by atoms with E-state index in [2.05, 4.69) is 0 Å². The van der Waals surface area contributed by atoms with E-state index in [9.17, 15) is 22.4 Å². The molecule has 0 aliphatic carbocycles. The van der Waals surface area contributed by atoms with Crippen LogP contribution in [0.3, 0.4) is 0 Å². The largest absolute Gasteiger partial charge is 0.481 e. The van der Waals surface area contributed by atoms with Crippen molar-refractivity contribution < 1.29 is 27.5 Å². The van der Waals surface area contributed by atoms with E-state index in [1.807, 2.05) is 0 Å². The molecule has 0 aromatic rings. The zero-order chi connectivity index (χ0) is 14.0. The molecule has 7 heteroatoms. The fraction of sp³-hybridized carbons (Fsp3) is 0.909. The monoisotopic (exact) mass is 271 g/mol. The summed E-state index contributed by atoms with van der Waals surface area (Å²) in [5.41, 5.74) is -1.06. The fourth-order valence-electron chi connectivity index (χ4n) is 2.42. The van der Waals surface area contributed by atoms with Gasteiger partial charge in [0.25, 0.3) is 0 Å². The number of hydrogen-bond acceptors (Lipinski definition) is 2. The Morgan fingerprint density at radius 1 is 1.50 bits per heavy atom. The van der Waals surface area contributed by atoms with Gasteiger partial charge in [-0.05, 0) is 19.4 Å². The molecule has 106 valence electrons.